The zero-order chi connectivity index (χ0) is 9.10. The van der Waals surface area contributed by atoms with Crippen molar-refractivity contribution in [1.82, 2.24) is 15.3 Å². The molecule has 1 heterocycles. The summed E-state index contributed by atoms with van der Waals surface area (Å²) in [6, 6.07) is 2.67. The molecule has 1 fully saturated rings. The summed E-state index contributed by atoms with van der Waals surface area (Å²) in [6.07, 6.45) is 6.00. The van der Waals surface area contributed by atoms with E-state index in [1.807, 2.05) is 6.07 Å². The van der Waals surface area contributed by atoms with E-state index in [0.717, 1.165) is 18.2 Å². The molecule has 0 amide bonds. The Hall–Kier alpha value is -0.960. The molecule has 0 unspecified atom stereocenters. The van der Waals surface area contributed by atoms with Crippen LogP contribution in [0.2, 0.25) is 0 Å². The van der Waals surface area contributed by atoms with Crippen LogP contribution in [-0.4, -0.2) is 16.0 Å². The normalized spacial score (nSPS) is 26.8. The lowest BCUT2D eigenvalue weighted by Gasteiger charge is -2.33. The highest BCUT2D eigenvalue weighted by molar-refractivity contribution is 4.98. The third-order valence-electron chi connectivity index (χ3n) is 2.59. The van der Waals surface area contributed by atoms with Crippen LogP contribution in [0.5, 0.6) is 0 Å². The standard InChI is InChI=1S/C10H15N3/c1-8-4-10(5-8)12-6-9-2-3-11-7-13-9/h2-3,7-8,10,12H,4-6H2,1H3. The van der Waals surface area contributed by atoms with Gasteiger partial charge in [0.2, 0.25) is 0 Å². The number of hydrogen-bond acceptors (Lipinski definition) is 3. The number of hydrogen-bond donors (Lipinski definition) is 1. The number of nitrogens with one attached hydrogen (secondary N) is 1. The fraction of sp³-hybridized carbons (Fsp3) is 0.600. The topological polar surface area (TPSA) is 37.8 Å². The minimum atomic E-state index is 0.713. The van der Waals surface area contributed by atoms with Crippen LogP contribution in [0.3, 0.4) is 0 Å². The Balaban J connectivity index is 1.74. The van der Waals surface area contributed by atoms with Crippen molar-refractivity contribution in [3.63, 3.8) is 0 Å². The maximum Gasteiger partial charge on any atom is 0.115 e. The highest BCUT2D eigenvalue weighted by atomic mass is 15.0. The number of aromatic nitrogens is 2. The first-order valence-electron chi connectivity index (χ1n) is 4.83. The van der Waals surface area contributed by atoms with Crippen LogP contribution in [0.15, 0.2) is 18.6 Å². The van der Waals surface area contributed by atoms with Gasteiger partial charge in [0.25, 0.3) is 0 Å². The van der Waals surface area contributed by atoms with Gasteiger partial charge in [-0.3, -0.25) is 0 Å². The van der Waals surface area contributed by atoms with E-state index in [1.165, 1.54) is 12.8 Å². The van der Waals surface area contributed by atoms with Gasteiger partial charge in [0.05, 0.1) is 5.69 Å². The molecule has 1 aliphatic rings. The average molecular weight is 177 g/mol. The fourth-order valence-corrected chi connectivity index (χ4v) is 1.74. The van der Waals surface area contributed by atoms with E-state index in [4.69, 9.17) is 0 Å². The first kappa shape index (κ1) is 8.63. The Morgan fingerprint density at radius 2 is 2.38 bits per heavy atom. The van der Waals surface area contributed by atoms with Gasteiger partial charge in [-0.15, -0.1) is 0 Å². The Bertz CT molecular complexity index is 254. The fourth-order valence-electron chi connectivity index (χ4n) is 1.74. The lowest BCUT2D eigenvalue weighted by atomic mass is 9.82. The second kappa shape index (κ2) is 3.83. The lowest BCUT2D eigenvalue weighted by Crippen LogP contribution is -2.39. The Kier molecular flexibility index (Phi) is 2.54. The van der Waals surface area contributed by atoms with Crippen LogP contribution in [0.1, 0.15) is 25.5 Å². The average Bonchev–Trinajstić information content (AvgIpc) is 2.12. The molecule has 13 heavy (non-hydrogen) atoms. The summed E-state index contributed by atoms with van der Waals surface area (Å²) in [6.45, 7) is 3.17. The molecule has 2 rings (SSSR count). The number of rotatable bonds is 3. The van der Waals surface area contributed by atoms with Gasteiger partial charge < -0.3 is 5.32 Å². The monoisotopic (exact) mass is 177 g/mol. The van der Waals surface area contributed by atoms with Crippen molar-refractivity contribution in [2.45, 2.75) is 32.4 Å². The summed E-state index contributed by atoms with van der Waals surface area (Å²) in [5.41, 5.74) is 1.08. The minimum Gasteiger partial charge on any atom is -0.308 e. The molecular weight excluding hydrogens is 162 g/mol. The molecule has 0 bridgehead atoms. The molecule has 3 heteroatoms. The van der Waals surface area contributed by atoms with Crippen LogP contribution in [0.4, 0.5) is 0 Å². The van der Waals surface area contributed by atoms with Crippen molar-refractivity contribution in [1.29, 1.82) is 0 Å². The molecule has 1 saturated carbocycles. The van der Waals surface area contributed by atoms with Gasteiger partial charge in [-0.05, 0) is 24.8 Å². The second-order valence-electron chi connectivity index (χ2n) is 3.86. The van der Waals surface area contributed by atoms with E-state index >= 15 is 0 Å². The molecule has 70 valence electrons. The molecule has 0 spiro atoms. The molecule has 0 aromatic carbocycles. The van der Waals surface area contributed by atoms with Crippen LogP contribution in [0.25, 0.3) is 0 Å². The minimum absolute atomic E-state index is 0.713. The molecule has 3 nitrogen and oxygen atoms in total. The lowest BCUT2D eigenvalue weighted by molar-refractivity contribution is 0.239. The number of nitrogens with zero attached hydrogens (tertiary/aromatic N) is 2. The summed E-state index contributed by atoms with van der Waals surface area (Å²) >= 11 is 0. The van der Waals surface area contributed by atoms with E-state index in [9.17, 15) is 0 Å². The molecule has 0 atom stereocenters. The predicted octanol–water partition coefficient (Wildman–Crippen LogP) is 1.36. The first-order chi connectivity index (χ1) is 6.34. The van der Waals surface area contributed by atoms with E-state index in [-0.39, 0.29) is 0 Å². The largest absolute Gasteiger partial charge is 0.308 e. The predicted molar refractivity (Wildman–Crippen MR) is 51.1 cm³/mol. The smallest absolute Gasteiger partial charge is 0.115 e. The van der Waals surface area contributed by atoms with Crippen molar-refractivity contribution < 1.29 is 0 Å². The highest BCUT2D eigenvalue weighted by Gasteiger charge is 2.24. The van der Waals surface area contributed by atoms with Crippen molar-refractivity contribution in [2.24, 2.45) is 5.92 Å². The summed E-state index contributed by atoms with van der Waals surface area (Å²) in [5, 5.41) is 3.48. The van der Waals surface area contributed by atoms with E-state index in [2.05, 4.69) is 22.2 Å². The summed E-state index contributed by atoms with van der Waals surface area (Å²) in [7, 11) is 0. The quantitative estimate of drug-likeness (QED) is 0.757. The summed E-state index contributed by atoms with van der Waals surface area (Å²) in [5.74, 6) is 0.905. The van der Waals surface area contributed by atoms with Gasteiger partial charge >= 0.3 is 0 Å². The second-order valence-corrected chi connectivity index (χ2v) is 3.86. The van der Waals surface area contributed by atoms with Crippen LogP contribution in [-0.2, 0) is 6.54 Å². The van der Waals surface area contributed by atoms with Gasteiger partial charge in [-0.25, -0.2) is 9.97 Å². The maximum atomic E-state index is 4.15. The third-order valence-corrected chi connectivity index (χ3v) is 2.59. The highest BCUT2D eigenvalue weighted by Crippen LogP contribution is 2.26. The Morgan fingerprint density at radius 1 is 1.54 bits per heavy atom. The zero-order valence-corrected chi connectivity index (χ0v) is 7.90. The van der Waals surface area contributed by atoms with Gasteiger partial charge in [-0.1, -0.05) is 6.92 Å². The first-order valence-corrected chi connectivity index (χ1v) is 4.83. The molecule has 1 N–H and O–H groups in total. The molecule has 1 aromatic rings. The van der Waals surface area contributed by atoms with Gasteiger partial charge in [0.1, 0.15) is 6.33 Å². The molecule has 1 aromatic heterocycles. The van der Waals surface area contributed by atoms with Crippen molar-refractivity contribution >= 4 is 0 Å². The molecular formula is C10H15N3. The van der Waals surface area contributed by atoms with Crippen LogP contribution >= 0.6 is 0 Å². The maximum absolute atomic E-state index is 4.15. The van der Waals surface area contributed by atoms with Gasteiger partial charge in [-0.2, -0.15) is 0 Å². The summed E-state index contributed by atoms with van der Waals surface area (Å²) in [4.78, 5) is 8.03. The Labute approximate surface area is 78.6 Å². The van der Waals surface area contributed by atoms with Crippen molar-refractivity contribution in [3.05, 3.63) is 24.3 Å². The Morgan fingerprint density at radius 3 is 3.00 bits per heavy atom. The zero-order valence-electron chi connectivity index (χ0n) is 7.90. The van der Waals surface area contributed by atoms with E-state index in [0.29, 0.717) is 6.04 Å². The molecule has 0 saturated heterocycles. The third kappa shape index (κ3) is 2.25. The van der Waals surface area contributed by atoms with Crippen LogP contribution < -0.4 is 5.32 Å². The molecule has 0 aliphatic heterocycles. The van der Waals surface area contributed by atoms with Crippen molar-refractivity contribution in [3.8, 4) is 0 Å². The van der Waals surface area contributed by atoms with Crippen molar-refractivity contribution in [2.75, 3.05) is 0 Å². The van der Waals surface area contributed by atoms with Gasteiger partial charge in [0.15, 0.2) is 0 Å². The molecule has 1 aliphatic carbocycles. The van der Waals surface area contributed by atoms with E-state index < -0.39 is 0 Å². The SMILES string of the molecule is CC1CC(NCc2ccncn2)C1. The van der Waals surface area contributed by atoms with Gasteiger partial charge in [0, 0.05) is 18.8 Å². The van der Waals surface area contributed by atoms with E-state index in [1.54, 1.807) is 12.5 Å². The molecule has 0 radical (unpaired) electrons. The van der Waals surface area contributed by atoms with Crippen LogP contribution in [0, 0.1) is 5.92 Å². The summed E-state index contributed by atoms with van der Waals surface area (Å²) < 4.78 is 0.